The summed E-state index contributed by atoms with van der Waals surface area (Å²) in [5.74, 6) is -0.653. The first kappa shape index (κ1) is 13.8. The second-order valence-corrected chi connectivity index (χ2v) is 5.89. The lowest BCUT2D eigenvalue weighted by atomic mass is 9.86. The fourth-order valence-electron chi connectivity index (χ4n) is 2.58. The number of rotatable bonds is 4. The fourth-order valence-corrected chi connectivity index (χ4v) is 3.46. The summed E-state index contributed by atoms with van der Waals surface area (Å²) in [6.07, 6.45) is 0. The summed E-state index contributed by atoms with van der Waals surface area (Å²) < 4.78 is 5.05. The molecule has 1 aromatic heterocycles. The minimum Gasteiger partial charge on any atom is -0.465 e. The molecule has 4 nitrogen and oxygen atoms in total. The topological polar surface area (TPSA) is 46.6 Å². The molecule has 21 heavy (non-hydrogen) atoms. The van der Waals surface area contributed by atoms with Gasteiger partial charge in [-0.3, -0.25) is 9.59 Å². The van der Waals surface area contributed by atoms with Gasteiger partial charge in [-0.15, -0.1) is 11.3 Å². The monoisotopic (exact) mass is 301 g/mol. The normalized spacial score (nSPS) is 21.0. The van der Waals surface area contributed by atoms with Crippen molar-refractivity contribution in [2.75, 3.05) is 11.5 Å². The molecule has 0 bridgehead atoms. The maximum Gasteiger partial charge on any atom is 0.302 e. The standard InChI is InChI=1S/C16H15NO3S/c1-11(18)20-10-13-15(14-8-5-9-21-14)17(16(13)19)12-6-3-2-4-7-12/h2-9,13,15H,10H2,1H3/t13-,15-/m0/s1. The number of benzene rings is 1. The van der Waals surface area contributed by atoms with Gasteiger partial charge < -0.3 is 9.64 Å². The Morgan fingerprint density at radius 2 is 2.00 bits per heavy atom. The van der Waals surface area contributed by atoms with E-state index < -0.39 is 0 Å². The van der Waals surface area contributed by atoms with Gasteiger partial charge in [0.15, 0.2) is 0 Å². The summed E-state index contributed by atoms with van der Waals surface area (Å²) >= 11 is 1.61. The Morgan fingerprint density at radius 1 is 1.24 bits per heavy atom. The van der Waals surface area contributed by atoms with Crippen molar-refractivity contribution in [1.82, 2.24) is 0 Å². The molecule has 3 rings (SSSR count). The van der Waals surface area contributed by atoms with Crippen molar-refractivity contribution in [3.05, 3.63) is 52.7 Å². The van der Waals surface area contributed by atoms with Crippen LogP contribution in [-0.2, 0) is 14.3 Å². The molecule has 1 aromatic carbocycles. The van der Waals surface area contributed by atoms with Crippen LogP contribution in [0.15, 0.2) is 47.8 Å². The zero-order chi connectivity index (χ0) is 14.8. The van der Waals surface area contributed by atoms with Crippen LogP contribution in [0.5, 0.6) is 0 Å². The summed E-state index contributed by atoms with van der Waals surface area (Å²) in [7, 11) is 0. The van der Waals surface area contributed by atoms with Gasteiger partial charge in [-0.1, -0.05) is 24.3 Å². The Morgan fingerprint density at radius 3 is 2.62 bits per heavy atom. The SMILES string of the molecule is CC(=O)OC[C@@H]1C(=O)N(c2ccccc2)[C@@H]1c1cccs1. The van der Waals surface area contributed by atoms with Crippen LogP contribution >= 0.6 is 11.3 Å². The van der Waals surface area contributed by atoms with Crippen molar-refractivity contribution in [2.45, 2.75) is 13.0 Å². The minimum atomic E-state index is -0.356. The lowest BCUT2D eigenvalue weighted by Crippen LogP contribution is -2.56. The smallest absolute Gasteiger partial charge is 0.302 e. The molecule has 0 unspecified atom stereocenters. The van der Waals surface area contributed by atoms with Crippen LogP contribution in [0.3, 0.4) is 0 Å². The highest BCUT2D eigenvalue weighted by atomic mass is 32.1. The molecule has 2 heterocycles. The van der Waals surface area contributed by atoms with E-state index in [1.807, 2.05) is 47.8 Å². The quantitative estimate of drug-likeness (QED) is 0.644. The highest BCUT2D eigenvalue weighted by Crippen LogP contribution is 2.44. The molecule has 2 atom stereocenters. The Hall–Kier alpha value is -2.14. The number of carbonyl (C=O) groups excluding carboxylic acids is 2. The molecule has 0 N–H and O–H groups in total. The number of ether oxygens (including phenoxy) is 1. The van der Waals surface area contributed by atoms with E-state index in [2.05, 4.69) is 0 Å². The van der Waals surface area contributed by atoms with E-state index in [-0.39, 0.29) is 30.4 Å². The highest BCUT2D eigenvalue weighted by Gasteiger charge is 2.49. The molecule has 1 aliphatic heterocycles. The van der Waals surface area contributed by atoms with E-state index >= 15 is 0 Å². The molecule has 1 saturated heterocycles. The first-order valence-electron chi connectivity index (χ1n) is 6.73. The summed E-state index contributed by atoms with van der Waals surface area (Å²) in [6.45, 7) is 1.50. The number of para-hydroxylation sites is 1. The Balaban J connectivity index is 1.87. The van der Waals surface area contributed by atoms with Crippen molar-refractivity contribution in [3.8, 4) is 0 Å². The maximum atomic E-state index is 12.4. The first-order valence-corrected chi connectivity index (χ1v) is 7.61. The van der Waals surface area contributed by atoms with E-state index in [4.69, 9.17) is 4.74 Å². The molecule has 5 heteroatoms. The number of carbonyl (C=O) groups is 2. The summed E-state index contributed by atoms with van der Waals surface area (Å²) in [6, 6.07) is 13.5. The van der Waals surface area contributed by atoms with Gasteiger partial charge in [-0.25, -0.2) is 0 Å². The molecule has 2 aromatic rings. The van der Waals surface area contributed by atoms with Gasteiger partial charge in [0, 0.05) is 17.5 Å². The zero-order valence-corrected chi connectivity index (χ0v) is 12.4. The Kier molecular flexibility index (Phi) is 3.75. The van der Waals surface area contributed by atoms with Gasteiger partial charge in [-0.05, 0) is 23.6 Å². The highest BCUT2D eigenvalue weighted by molar-refractivity contribution is 7.10. The molecular weight excluding hydrogens is 286 g/mol. The van der Waals surface area contributed by atoms with Crippen molar-refractivity contribution < 1.29 is 14.3 Å². The number of esters is 1. The van der Waals surface area contributed by atoms with Gasteiger partial charge in [0.25, 0.3) is 0 Å². The molecule has 0 saturated carbocycles. The molecular formula is C16H15NO3S. The summed E-state index contributed by atoms with van der Waals surface area (Å²) in [4.78, 5) is 26.3. The Bertz CT molecular complexity index is 639. The van der Waals surface area contributed by atoms with Crippen molar-refractivity contribution in [3.63, 3.8) is 0 Å². The number of thiophene rings is 1. The number of nitrogens with zero attached hydrogens (tertiary/aromatic N) is 1. The predicted molar refractivity (Wildman–Crippen MR) is 81.1 cm³/mol. The van der Waals surface area contributed by atoms with Crippen LogP contribution in [0.4, 0.5) is 5.69 Å². The third-order valence-corrected chi connectivity index (χ3v) is 4.49. The molecule has 1 aliphatic rings. The summed E-state index contributed by atoms with van der Waals surface area (Å²) in [5, 5.41) is 1.99. The fraction of sp³-hybridized carbons (Fsp3) is 0.250. The van der Waals surface area contributed by atoms with E-state index in [0.717, 1.165) is 10.6 Å². The van der Waals surface area contributed by atoms with E-state index in [1.54, 1.807) is 16.2 Å². The molecule has 0 radical (unpaired) electrons. The molecule has 1 fully saturated rings. The van der Waals surface area contributed by atoms with E-state index in [1.165, 1.54) is 6.92 Å². The van der Waals surface area contributed by atoms with Crippen LogP contribution in [0.2, 0.25) is 0 Å². The van der Waals surface area contributed by atoms with Crippen LogP contribution in [0.1, 0.15) is 17.8 Å². The maximum absolute atomic E-state index is 12.4. The Labute approximate surface area is 127 Å². The zero-order valence-electron chi connectivity index (χ0n) is 11.6. The first-order chi connectivity index (χ1) is 10.2. The van der Waals surface area contributed by atoms with Crippen LogP contribution in [0, 0.1) is 5.92 Å². The molecule has 1 amide bonds. The summed E-state index contributed by atoms with van der Waals surface area (Å²) in [5.41, 5.74) is 0.875. The number of anilines is 1. The van der Waals surface area contributed by atoms with E-state index in [9.17, 15) is 9.59 Å². The second-order valence-electron chi connectivity index (χ2n) is 4.91. The van der Waals surface area contributed by atoms with Crippen molar-refractivity contribution in [2.24, 2.45) is 5.92 Å². The van der Waals surface area contributed by atoms with Gasteiger partial charge in [0.05, 0.1) is 12.0 Å². The lowest BCUT2D eigenvalue weighted by Gasteiger charge is -2.46. The number of hydrogen-bond donors (Lipinski definition) is 0. The van der Waals surface area contributed by atoms with E-state index in [0.29, 0.717) is 0 Å². The average Bonchev–Trinajstić information content (AvgIpc) is 2.99. The second kappa shape index (κ2) is 5.69. The van der Waals surface area contributed by atoms with Crippen LogP contribution in [0.25, 0.3) is 0 Å². The third kappa shape index (κ3) is 2.56. The molecule has 0 aliphatic carbocycles. The number of β-lactam (4-membered cyclic amide) rings is 1. The van der Waals surface area contributed by atoms with Gasteiger partial charge in [0.1, 0.15) is 6.61 Å². The van der Waals surface area contributed by atoms with Gasteiger partial charge >= 0.3 is 5.97 Å². The number of amides is 1. The third-order valence-electron chi connectivity index (χ3n) is 3.55. The van der Waals surface area contributed by atoms with Crippen LogP contribution < -0.4 is 4.90 Å². The average molecular weight is 301 g/mol. The molecule has 0 spiro atoms. The van der Waals surface area contributed by atoms with Crippen LogP contribution in [-0.4, -0.2) is 18.5 Å². The van der Waals surface area contributed by atoms with Crippen molar-refractivity contribution in [1.29, 1.82) is 0 Å². The van der Waals surface area contributed by atoms with Crippen molar-refractivity contribution >= 4 is 28.9 Å². The largest absolute Gasteiger partial charge is 0.465 e. The predicted octanol–water partition coefficient (Wildman–Crippen LogP) is 3.02. The molecule has 108 valence electrons. The number of hydrogen-bond acceptors (Lipinski definition) is 4. The lowest BCUT2D eigenvalue weighted by molar-refractivity contribution is -0.146. The van der Waals surface area contributed by atoms with Gasteiger partial charge in [0.2, 0.25) is 5.91 Å². The minimum absolute atomic E-state index is 0.000787. The van der Waals surface area contributed by atoms with Gasteiger partial charge in [-0.2, -0.15) is 0 Å².